The lowest BCUT2D eigenvalue weighted by molar-refractivity contribution is 0.301. The van der Waals surface area contributed by atoms with Crippen LogP contribution in [0.3, 0.4) is 0 Å². The number of anilines is 2. The molecule has 0 unspecified atom stereocenters. The van der Waals surface area contributed by atoms with E-state index in [0.717, 1.165) is 19.4 Å². The molecule has 0 aliphatic rings. The van der Waals surface area contributed by atoms with Crippen molar-refractivity contribution in [1.82, 2.24) is 0 Å². The molecule has 3 nitrogen and oxygen atoms in total. The second kappa shape index (κ2) is 6.81. The van der Waals surface area contributed by atoms with Crippen molar-refractivity contribution < 1.29 is 9.50 Å². The normalized spacial score (nSPS) is 10.6. The van der Waals surface area contributed by atoms with Crippen molar-refractivity contribution in [2.24, 2.45) is 0 Å². The molecule has 17 heavy (non-hydrogen) atoms. The zero-order valence-corrected chi connectivity index (χ0v) is 11.5. The standard InChI is InChI=1S/C12H18BrFN2O/c1-2-3-4-16(5-6-17)12-8-10(14)9(13)7-11(12)15/h7-8,17H,2-6,15H2,1H3. The highest BCUT2D eigenvalue weighted by atomic mass is 79.9. The van der Waals surface area contributed by atoms with Crippen molar-refractivity contribution in [3.05, 3.63) is 22.4 Å². The van der Waals surface area contributed by atoms with Crippen LogP contribution in [-0.2, 0) is 0 Å². The zero-order chi connectivity index (χ0) is 12.8. The van der Waals surface area contributed by atoms with Crippen LogP contribution in [0.4, 0.5) is 15.8 Å². The van der Waals surface area contributed by atoms with Crippen LogP contribution in [0, 0.1) is 5.82 Å². The number of aliphatic hydroxyl groups is 1. The maximum Gasteiger partial charge on any atom is 0.139 e. The zero-order valence-electron chi connectivity index (χ0n) is 9.92. The topological polar surface area (TPSA) is 49.5 Å². The van der Waals surface area contributed by atoms with Crippen LogP contribution in [0.25, 0.3) is 0 Å². The quantitative estimate of drug-likeness (QED) is 0.795. The van der Waals surface area contributed by atoms with Crippen LogP contribution in [0.15, 0.2) is 16.6 Å². The van der Waals surface area contributed by atoms with Crippen molar-refractivity contribution in [2.45, 2.75) is 19.8 Å². The summed E-state index contributed by atoms with van der Waals surface area (Å²) in [4.78, 5) is 1.91. The van der Waals surface area contributed by atoms with Crippen LogP contribution >= 0.6 is 15.9 Å². The van der Waals surface area contributed by atoms with Crippen molar-refractivity contribution in [3.8, 4) is 0 Å². The highest BCUT2D eigenvalue weighted by molar-refractivity contribution is 9.10. The summed E-state index contributed by atoms with van der Waals surface area (Å²) in [6, 6.07) is 2.96. The molecule has 96 valence electrons. The third kappa shape index (κ3) is 3.85. The second-order valence-electron chi connectivity index (χ2n) is 3.89. The van der Waals surface area contributed by atoms with Crippen molar-refractivity contribution in [2.75, 3.05) is 30.3 Å². The third-order valence-corrected chi connectivity index (χ3v) is 3.17. The predicted molar refractivity (Wildman–Crippen MR) is 72.7 cm³/mol. The van der Waals surface area contributed by atoms with E-state index in [-0.39, 0.29) is 12.4 Å². The largest absolute Gasteiger partial charge is 0.397 e. The number of aliphatic hydroxyl groups excluding tert-OH is 1. The molecule has 1 aromatic rings. The second-order valence-corrected chi connectivity index (χ2v) is 4.74. The summed E-state index contributed by atoms with van der Waals surface area (Å²) in [7, 11) is 0. The molecule has 0 aliphatic heterocycles. The molecule has 0 fully saturated rings. The molecule has 0 atom stereocenters. The van der Waals surface area contributed by atoms with E-state index in [2.05, 4.69) is 22.9 Å². The van der Waals surface area contributed by atoms with Crippen LogP contribution in [0.1, 0.15) is 19.8 Å². The van der Waals surface area contributed by atoms with Gasteiger partial charge in [-0.2, -0.15) is 0 Å². The Morgan fingerprint density at radius 2 is 2.12 bits per heavy atom. The summed E-state index contributed by atoms with van der Waals surface area (Å²) >= 11 is 3.10. The van der Waals surface area contributed by atoms with Crippen LogP contribution < -0.4 is 10.6 Å². The molecule has 0 saturated carbocycles. The monoisotopic (exact) mass is 304 g/mol. The van der Waals surface area contributed by atoms with E-state index >= 15 is 0 Å². The van der Waals surface area contributed by atoms with Gasteiger partial charge in [0, 0.05) is 19.2 Å². The highest BCUT2D eigenvalue weighted by Crippen LogP contribution is 2.29. The molecule has 0 aromatic heterocycles. The fourth-order valence-electron chi connectivity index (χ4n) is 1.65. The number of nitrogens with two attached hydrogens (primary N) is 1. The summed E-state index contributed by atoms with van der Waals surface area (Å²) in [6.07, 6.45) is 2.03. The number of nitrogens with zero attached hydrogens (tertiary/aromatic N) is 1. The van der Waals surface area contributed by atoms with E-state index in [9.17, 15) is 4.39 Å². The van der Waals surface area contributed by atoms with Crippen molar-refractivity contribution in [1.29, 1.82) is 0 Å². The maximum absolute atomic E-state index is 13.5. The van der Waals surface area contributed by atoms with E-state index in [1.165, 1.54) is 6.07 Å². The van der Waals surface area contributed by atoms with E-state index < -0.39 is 0 Å². The minimum Gasteiger partial charge on any atom is -0.397 e. The number of nitrogen functional groups attached to an aromatic ring is 1. The third-order valence-electron chi connectivity index (χ3n) is 2.56. The molecule has 1 rings (SSSR count). The summed E-state index contributed by atoms with van der Waals surface area (Å²) in [6.45, 7) is 3.34. The first kappa shape index (κ1) is 14.3. The Morgan fingerprint density at radius 1 is 1.41 bits per heavy atom. The molecule has 1 aromatic carbocycles. The molecular formula is C12H18BrFN2O. The Hall–Kier alpha value is -0.810. The van der Waals surface area contributed by atoms with Crippen LogP contribution in [-0.4, -0.2) is 24.8 Å². The van der Waals surface area contributed by atoms with Crippen LogP contribution in [0.2, 0.25) is 0 Å². The Kier molecular flexibility index (Phi) is 5.71. The molecule has 0 saturated heterocycles. The Balaban J connectivity index is 2.96. The number of halogens is 2. The van der Waals surface area contributed by atoms with Crippen molar-refractivity contribution in [3.63, 3.8) is 0 Å². The SMILES string of the molecule is CCCCN(CCO)c1cc(F)c(Br)cc1N. The lowest BCUT2D eigenvalue weighted by Gasteiger charge is -2.25. The van der Waals surface area contributed by atoms with Gasteiger partial charge in [-0.05, 0) is 28.4 Å². The predicted octanol–water partition coefficient (Wildman–Crippen LogP) is 2.77. The molecule has 0 heterocycles. The van der Waals surface area contributed by atoms with E-state index in [4.69, 9.17) is 10.8 Å². The number of unbranched alkanes of at least 4 members (excludes halogenated alkanes) is 1. The van der Waals surface area contributed by atoms with E-state index in [1.54, 1.807) is 6.07 Å². The van der Waals surface area contributed by atoms with Gasteiger partial charge in [0.15, 0.2) is 0 Å². The van der Waals surface area contributed by atoms with Gasteiger partial charge in [0.2, 0.25) is 0 Å². The molecule has 0 amide bonds. The lowest BCUT2D eigenvalue weighted by atomic mass is 10.2. The number of hydrogen-bond acceptors (Lipinski definition) is 3. The van der Waals surface area contributed by atoms with E-state index in [0.29, 0.717) is 22.4 Å². The minimum atomic E-state index is -0.339. The van der Waals surface area contributed by atoms with Gasteiger partial charge in [0.25, 0.3) is 0 Å². The fraction of sp³-hybridized carbons (Fsp3) is 0.500. The molecule has 5 heteroatoms. The summed E-state index contributed by atoms with van der Waals surface area (Å²) in [5.41, 5.74) is 7.04. The molecule has 3 N–H and O–H groups in total. The summed E-state index contributed by atoms with van der Waals surface area (Å²) in [5, 5.41) is 9.03. The van der Waals surface area contributed by atoms with Gasteiger partial charge in [-0.15, -0.1) is 0 Å². The number of rotatable bonds is 6. The molecule has 0 bridgehead atoms. The Bertz CT molecular complexity index is 374. The first-order valence-electron chi connectivity index (χ1n) is 5.70. The average Bonchev–Trinajstić information content (AvgIpc) is 2.29. The van der Waals surface area contributed by atoms with Gasteiger partial charge in [-0.3, -0.25) is 0 Å². The first-order valence-corrected chi connectivity index (χ1v) is 6.49. The van der Waals surface area contributed by atoms with Gasteiger partial charge in [0.1, 0.15) is 5.82 Å². The van der Waals surface area contributed by atoms with Gasteiger partial charge in [0.05, 0.1) is 22.5 Å². The highest BCUT2D eigenvalue weighted by Gasteiger charge is 2.12. The number of benzene rings is 1. The molecule has 0 spiro atoms. The lowest BCUT2D eigenvalue weighted by Crippen LogP contribution is -2.28. The minimum absolute atomic E-state index is 0.0286. The van der Waals surface area contributed by atoms with E-state index in [1.807, 2.05) is 4.90 Å². The van der Waals surface area contributed by atoms with Gasteiger partial charge < -0.3 is 15.7 Å². The number of hydrogen-bond donors (Lipinski definition) is 2. The first-order chi connectivity index (χ1) is 8.10. The summed E-state index contributed by atoms with van der Waals surface area (Å²) in [5.74, 6) is -0.339. The van der Waals surface area contributed by atoms with Crippen LogP contribution in [0.5, 0.6) is 0 Å². The van der Waals surface area contributed by atoms with Crippen molar-refractivity contribution >= 4 is 27.3 Å². The molecule has 0 aliphatic carbocycles. The van der Waals surface area contributed by atoms with Gasteiger partial charge in [-0.25, -0.2) is 4.39 Å². The average molecular weight is 305 g/mol. The Labute approximate surface area is 110 Å². The maximum atomic E-state index is 13.5. The fourth-order valence-corrected chi connectivity index (χ4v) is 2.01. The van der Waals surface area contributed by atoms with Gasteiger partial charge >= 0.3 is 0 Å². The molecular weight excluding hydrogens is 287 g/mol. The molecule has 0 radical (unpaired) electrons. The summed E-state index contributed by atoms with van der Waals surface area (Å²) < 4.78 is 13.8. The smallest absolute Gasteiger partial charge is 0.139 e. The van der Waals surface area contributed by atoms with Gasteiger partial charge in [-0.1, -0.05) is 13.3 Å². The Morgan fingerprint density at radius 3 is 2.71 bits per heavy atom.